The molecule has 0 aliphatic heterocycles. The number of hydrogen-bond acceptors (Lipinski definition) is 4. The van der Waals surface area contributed by atoms with Gasteiger partial charge in [0.2, 0.25) is 5.91 Å². The number of rotatable bonds is 7. The largest absolute Gasteiger partial charge is 0.389 e. The Labute approximate surface area is 112 Å². The number of hydrogen-bond donors (Lipinski definition) is 2. The molecule has 1 amide bonds. The molecule has 1 heterocycles. The average molecular weight is 270 g/mol. The highest BCUT2D eigenvalue weighted by Crippen LogP contribution is 2.24. The van der Waals surface area contributed by atoms with Gasteiger partial charge in [-0.1, -0.05) is 26.7 Å². The van der Waals surface area contributed by atoms with Crippen LogP contribution in [-0.4, -0.2) is 21.6 Å². The Balaban J connectivity index is 2.55. The molecule has 0 bridgehead atoms. The van der Waals surface area contributed by atoms with E-state index in [1.54, 1.807) is 0 Å². The number of carbonyl (C=O) groups is 1. The van der Waals surface area contributed by atoms with Crippen LogP contribution in [0.15, 0.2) is 5.38 Å². The third kappa shape index (κ3) is 4.74. The molecule has 102 valence electrons. The van der Waals surface area contributed by atoms with E-state index in [0.717, 1.165) is 18.5 Å². The molecular weight excluding hydrogens is 248 g/mol. The molecule has 0 unspecified atom stereocenters. The average Bonchev–Trinajstić information content (AvgIpc) is 2.63. The number of nitrogens with one attached hydrogen (secondary N) is 1. The minimum Gasteiger partial charge on any atom is -0.389 e. The van der Waals surface area contributed by atoms with Crippen LogP contribution in [0.5, 0.6) is 0 Å². The maximum Gasteiger partial charge on any atom is 0.229 e. The Hall–Kier alpha value is -0.940. The molecule has 0 fully saturated rings. The molecule has 1 aromatic heterocycles. The fourth-order valence-electron chi connectivity index (χ4n) is 2.11. The quantitative estimate of drug-likeness (QED) is 0.800. The third-order valence-electron chi connectivity index (χ3n) is 2.79. The second-order valence-electron chi connectivity index (χ2n) is 4.74. The van der Waals surface area contributed by atoms with E-state index >= 15 is 0 Å². The number of nitrogens with zero attached hydrogens (tertiary/aromatic N) is 1. The summed E-state index contributed by atoms with van der Waals surface area (Å²) >= 11 is 1.41. The first-order valence-electron chi connectivity index (χ1n) is 6.43. The standard InChI is InChI=1S/C13H22N2O2S/c1-4-6-13(17,7-5-2)8-11(16)15-12-14-10(3)9-18-12/h9,17H,4-8H2,1-3H3,(H,14,15,16). The number of amides is 1. The normalized spacial score (nSPS) is 11.6. The second kappa shape index (κ2) is 6.85. The van der Waals surface area contributed by atoms with Crippen molar-refractivity contribution in [3.05, 3.63) is 11.1 Å². The Kier molecular flexibility index (Phi) is 5.75. The van der Waals surface area contributed by atoms with Gasteiger partial charge in [-0.15, -0.1) is 11.3 Å². The van der Waals surface area contributed by atoms with E-state index in [9.17, 15) is 9.90 Å². The van der Waals surface area contributed by atoms with E-state index < -0.39 is 5.60 Å². The number of aryl methyl sites for hydroxylation is 1. The zero-order valence-electron chi connectivity index (χ0n) is 11.3. The summed E-state index contributed by atoms with van der Waals surface area (Å²) in [5, 5.41) is 15.6. The van der Waals surface area contributed by atoms with Gasteiger partial charge >= 0.3 is 0 Å². The SMILES string of the molecule is CCCC(O)(CCC)CC(=O)Nc1nc(C)cs1. The van der Waals surface area contributed by atoms with Gasteiger partial charge in [-0.3, -0.25) is 4.79 Å². The van der Waals surface area contributed by atoms with E-state index in [2.05, 4.69) is 10.3 Å². The van der Waals surface area contributed by atoms with Crippen molar-refractivity contribution in [2.45, 2.75) is 58.5 Å². The molecule has 18 heavy (non-hydrogen) atoms. The van der Waals surface area contributed by atoms with Gasteiger partial charge in [0.25, 0.3) is 0 Å². The molecule has 0 aliphatic rings. The van der Waals surface area contributed by atoms with E-state index in [-0.39, 0.29) is 12.3 Å². The maximum absolute atomic E-state index is 11.9. The molecule has 0 radical (unpaired) electrons. The maximum atomic E-state index is 11.9. The molecule has 0 saturated heterocycles. The summed E-state index contributed by atoms with van der Waals surface area (Å²) in [6, 6.07) is 0. The summed E-state index contributed by atoms with van der Waals surface area (Å²) in [6.07, 6.45) is 3.21. The van der Waals surface area contributed by atoms with Gasteiger partial charge in [0, 0.05) is 5.38 Å². The fourth-order valence-corrected chi connectivity index (χ4v) is 2.81. The molecule has 1 rings (SSSR count). The molecule has 1 aromatic rings. The lowest BCUT2D eigenvalue weighted by Gasteiger charge is -2.26. The second-order valence-corrected chi connectivity index (χ2v) is 5.60. The van der Waals surface area contributed by atoms with Gasteiger partial charge in [0.15, 0.2) is 5.13 Å². The van der Waals surface area contributed by atoms with Crippen molar-refractivity contribution in [3.8, 4) is 0 Å². The van der Waals surface area contributed by atoms with Gasteiger partial charge in [-0.25, -0.2) is 4.98 Å². The highest BCUT2D eigenvalue weighted by molar-refractivity contribution is 7.13. The lowest BCUT2D eigenvalue weighted by Crippen LogP contribution is -2.33. The summed E-state index contributed by atoms with van der Waals surface area (Å²) in [5.74, 6) is -0.159. The van der Waals surface area contributed by atoms with Crippen LogP contribution >= 0.6 is 11.3 Å². The summed E-state index contributed by atoms with van der Waals surface area (Å²) < 4.78 is 0. The van der Waals surface area contributed by atoms with E-state index in [0.29, 0.717) is 18.0 Å². The van der Waals surface area contributed by atoms with Crippen molar-refractivity contribution in [1.82, 2.24) is 4.98 Å². The van der Waals surface area contributed by atoms with Crippen LogP contribution in [0, 0.1) is 6.92 Å². The Bertz CT molecular complexity index is 384. The van der Waals surface area contributed by atoms with Gasteiger partial charge in [0.05, 0.1) is 17.7 Å². The minimum absolute atomic E-state index is 0.146. The lowest BCUT2D eigenvalue weighted by molar-refractivity contribution is -0.121. The van der Waals surface area contributed by atoms with Crippen LogP contribution in [-0.2, 0) is 4.79 Å². The third-order valence-corrected chi connectivity index (χ3v) is 3.66. The highest BCUT2D eigenvalue weighted by Gasteiger charge is 2.28. The van der Waals surface area contributed by atoms with Gasteiger partial charge in [-0.05, 0) is 19.8 Å². The van der Waals surface area contributed by atoms with Crippen molar-refractivity contribution in [1.29, 1.82) is 0 Å². The summed E-state index contributed by atoms with van der Waals surface area (Å²) in [4.78, 5) is 16.1. The van der Waals surface area contributed by atoms with Crippen LogP contribution in [0.1, 0.15) is 51.6 Å². The number of carbonyl (C=O) groups excluding carboxylic acids is 1. The predicted octanol–water partition coefficient (Wildman–Crippen LogP) is 3.11. The molecule has 0 atom stereocenters. The molecule has 2 N–H and O–H groups in total. The van der Waals surface area contributed by atoms with Gasteiger partial charge in [-0.2, -0.15) is 0 Å². The van der Waals surface area contributed by atoms with E-state index in [1.165, 1.54) is 11.3 Å². The summed E-state index contributed by atoms with van der Waals surface area (Å²) in [6.45, 7) is 5.92. The predicted molar refractivity (Wildman–Crippen MR) is 74.9 cm³/mol. The zero-order valence-corrected chi connectivity index (χ0v) is 12.1. The van der Waals surface area contributed by atoms with Crippen LogP contribution in [0.4, 0.5) is 5.13 Å². The zero-order chi connectivity index (χ0) is 13.6. The number of anilines is 1. The molecule has 4 nitrogen and oxygen atoms in total. The van der Waals surface area contributed by atoms with Crippen LogP contribution in [0.25, 0.3) is 0 Å². The first-order chi connectivity index (χ1) is 8.49. The minimum atomic E-state index is -0.875. The first-order valence-corrected chi connectivity index (χ1v) is 7.31. The van der Waals surface area contributed by atoms with Crippen LogP contribution < -0.4 is 5.32 Å². The van der Waals surface area contributed by atoms with Gasteiger partial charge in [0.1, 0.15) is 0 Å². The molecule has 5 heteroatoms. The van der Waals surface area contributed by atoms with Crippen LogP contribution in [0.3, 0.4) is 0 Å². The topological polar surface area (TPSA) is 62.2 Å². The van der Waals surface area contributed by atoms with E-state index in [4.69, 9.17) is 0 Å². The van der Waals surface area contributed by atoms with Crippen molar-refractivity contribution in [2.24, 2.45) is 0 Å². The lowest BCUT2D eigenvalue weighted by atomic mass is 9.89. The summed E-state index contributed by atoms with van der Waals surface area (Å²) in [5.41, 5.74) is 0.0209. The molecule has 0 aliphatic carbocycles. The number of aliphatic hydroxyl groups is 1. The van der Waals surface area contributed by atoms with Crippen LogP contribution in [0.2, 0.25) is 0 Å². The molecule has 0 aromatic carbocycles. The monoisotopic (exact) mass is 270 g/mol. The van der Waals surface area contributed by atoms with Crippen molar-refractivity contribution in [3.63, 3.8) is 0 Å². The van der Waals surface area contributed by atoms with Crippen molar-refractivity contribution >= 4 is 22.4 Å². The highest BCUT2D eigenvalue weighted by atomic mass is 32.1. The number of thiazole rings is 1. The summed E-state index contributed by atoms with van der Waals surface area (Å²) in [7, 11) is 0. The molecule has 0 spiro atoms. The molecule has 0 saturated carbocycles. The van der Waals surface area contributed by atoms with Crippen molar-refractivity contribution < 1.29 is 9.90 Å². The van der Waals surface area contributed by atoms with Gasteiger partial charge < -0.3 is 10.4 Å². The Morgan fingerprint density at radius 1 is 1.44 bits per heavy atom. The first kappa shape index (κ1) is 15.1. The Morgan fingerprint density at radius 3 is 2.50 bits per heavy atom. The molecular formula is C13H22N2O2S. The Morgan fingerprint density at radius 2 is 2.06 bits per heavy atom. The van der Waals surface area contributed by atoms with E-state index in [1.807, 2.05) is 26.2 Å². The number of aromatic nitrogens is 1. The smallest absolute Gasteiger partial charge is 0.229 e. The van der Waals surface area contributed by atoms with Crippen molar-refractivity contribution in [2.75, 3.05) is 5.32 Å². The fraction of sp³-hybridized carbons (Fsp3) is 0.692.